The molecule has 0 aromatic carbocycles. The van der Waals surface area contributed by atoms with Crippen LogP contribution in [0.25, 0.3) is 0 Å². The van der Waals surface area contributed by atoms with E-state index in [1.807, 2.05) is 0 Å². The van der Waals surface area contributed by atoms with E-state index in [4.69, 9.17) is 11.6 Å². The van der Waals surface area contributed by atoms with Crippen molar-refractivity contribution >= 4 is 11.6 Å². The molecule has 0 nitrogen and oxygen atoms in total. The van der Waals surface area contributed by atoms with Crippen LogP contribution in [0.15, 0.2) is 34.9 Å². The Morgan fingerprint density at radius 2 is 2.06 bits per heavy atom. The molecule has 0 aliphatic heterocycles. The molecule has 18 heavy (non-hydrogen) atoms. The molecule has 0 heterocycles. The van der Waals surface area contributed by atoms with Gasteiger partial charge >= 0.3 is 0 Å². The van der Waals surface area contributed by atoms with Gasteiger partial charge in [0.25, 0.3) is 0 Å². The second-order valence-electron chi connectivity index (χ2n) is 5.90. The Hall–Kier alpha value is -0.490. The van der Waals surface area contributed by atoms with Crippen molar-refractivity contribution in [1.82, 2.24) is 0 Å². The van der Waals surface area contributed by atoms with Gasteiger partial charge in [-0.05, 0) is 48.7 Å². The van der Waals surface area contributed by atoms with E-state index in [1.54, 1.807) is 11.1 Å². The van der Waals surface area contributed by atoms with Gasteiger partial charge in [-0.1, -0.05) is 51.5 Å². The first-order valence-corrected chi connectivity index (χ1v) is 7.71. The first-order valence-electron chi connectivity index (χ1n) is 7.18. The maximum atomic E-state index is 5.78. The molecule has 0 bridgehead atoms. The van der Waals surface area contributed by atoms with Crippen LogP contribution in [0.1, 0.15) is 59.8 Å². The number of rotatable bonds is 5. The van der Waals surface area contributed by atoms with E-state index in [9.17, 15) is 0 Å². The van der Waals surface area contributed by atoms with Gasteiger partial charge < -0.3 is 0 Å². The first-order chi connectivity index (χ1) is 8.54. The van der Waals surface area contributed by atoms with Crippen LogP contribution in [0.5, 0.6) is 0 Å². The molecule has 1 aliphatic carbocycles. The molecule has 0 unspecified atom stereocenters. The molecule has 0 aromatic rings. The Morgan fingerprint density at radius 1 is 1.33 bits per heavy atom. The molecule has 0 saturated heterocycles. The smallest absolute Gasteiger partial charge is 0.0407 e. The van der Waals surface area contributed by atoms with Crippen molar-refractivity contribution in [2.24, 2.45) is 5.41 Å². The molecular formula is C17H27Cl. The summed E-state index contributed by atoms with van der Waals surface area (Å²) in [5, 5.41) is 0. The molecule has 0 aromatic heterocycles. The van der Waals surface area contributed by atoms with Gasteiger partial charge in [0.05, 0.1) is 0 Å². The SMILES string of the molecule is CC/C=C(\C=C/CCl)C1=C(CC)CCC(C)(C)C1. The van der Waals surface area contributed by atoms with Crippen molar-refractivity contribution in [2.75, 3.05) is 5.88 Å². The largest absolute Gasteiger partial charge is 0.122 e. The minimum absolute atomic E-state index is 0.440. The van der Waals surface area contributed by atoms with E-state index >= 15 is 0 Å². The number of allylic oxidation sites excluding steroid dienone is 6. The Bertz CT molecular complexity index is 356. The van der Waals surface area contributed by atoms with Crippen LogP contribution in [0, 0.1) is 5.41 Å². The lowest BCUT2D eigenvalue weighted by atomic mass is 9.72. The second kappa shape index (κ2) is 7.19. The number of hydrogen-bond acceptors (Lipinski definition) is 0. The molecule has 0 spiro atoms. The van der Waals surface area contributed by atoms with Gasteiger partial charge in [0.15, 0.2) is 0 Å². The minimum Gasteiger partial charge on any atom is -0.122 e. The summed E-state index contributed by atoms with van der Waals surface area (Å²) in [4.78, 5) is 0. The van der Waals surface area contributed by atoms with Crippen LogP contribution >= 0.6 is 11.6 Å². The lowest BCUT2D eigenvalue weighted by Gasteiger charge is -2.34. The monoisotopic (exact) mass is 266 g/mol. The summed E-state index contributed by atoms with van der Waals surface area (Å²) in [5.41, 5.74) is 5.07. The van der Waals surface area contributed by atoms with E-state index < -0.39 is 0 Å². The molecule has 1 heteroatoms. The van der Waals surface area contributed by atoms with Crippen LogP contribution in [0.4, 0.5) is 0 Å². The van der Waals surface area contributed by atoms with Crippen LogP contribution < -0.4 is 0 Å². The van der Waals surface area contributed by atoms with Crippen molar-refractivity contribution in [3.05, 3.63) is 34.9 Å². The van der Waals surface area contributed by atoms with Gasteiger partial charge in [0.2, 0.25) is 0 Å². The highest BCUT2D eigenvalue weighted by atomic mass is 35.5. The lowest BCUT2D eigenvalue weighted by molar-refractivity contribution is 0.314. The zero-order valence-corrected chi connectivity index (χ0v) is 13.1. The number of halogens is 1. The van der Waals surface area contributed by atoms with E-state index in [0.717, 1.165) is 6.42 Å². The summed E-state index contributed by atoms with van der Waals surface area (Å²) in [5.74, 6) is 0.596. The van der Waals surface area contributed by atoms with Gasteiger partial charge in [-0.3, -0.25) is 0 Å². The maximum Gasteiger partial charge on any atom is 0.0407 e. The third kappa shape index (κ3) is 4.31. The second-order valence-corrected chi connectivity index (χ2v) is 6.21. The van der Waals surface area contributed by atoms with Gasteiger partial charge in [-0.2, -0.15) is 0 Å². The van der Waals surface area contributed by atoms with Gasteiger partial charge in [0, 0.05) is 5.88 Å². The molecule has 1 rings (SSSR count). The van der Waals surface area contributed by atoms with Crippen LogP contribution in [-0.4, -0.2) is 5.88 Å². The molecular weight excluding hydrogens is 240 g/mol. The van der Waals surface area contributed by atoms with E-state index in [2.05, 4.69) is 45.9 Å². The van der Waals surface area contributed by atoms with Crippen molar-refractivity contribution in [3.63, 3.8) is 0 Å². The fourth-order valence-electron chi connectivity index (χ4n) is 2.71. The Morgan fingerprint density at radius 3 is 2.61 bits per heavy atom. The maximum absolute atomic E-state index is 5.78. The average molecular weight is 267 g/mol. The molecule has 1 aliphatic rings. The van der Waals surface area contributed by atoms with Gasteiger partial charge in [-0.25, -0.2) is 0 Å². The summed E-state index contributed by atoms with van der Waals surface area (Å²) >= 11 is 5.78. The zero-order chi connectivity index (χ0) is 13.6. The standard InChI is InChI=1S/C17H27Cl/c1-5-8-15(9-7-12-18)16-13-17(3,4)11-10-14(16)6-2/h7-9H,5-6,10-13H2,1-4H3/b9-7-,15-8+. The third-order valence-corrected chi connectivity index (χ3v) is 3.95. The molecule has 0 fully saturated rings. The molecule has 0 amide bonds. The van der Waals surface area contributed by atoms with Crippen molar-refractivity contribution in [3.8, 4) is 0 Å². The third-order valence-electron chi connectivity index (χ3n) is 3.77. The normalized spacial score (nSPS) is 20.8. The molecule has 0 N–H and O–H groups in total. The summed E-state index contributed by atoms with van der Waals surface area (Å²) in [7, 11) is 0. The fourth-order valence-corrected chi connectivity index (χ4v) is 2.80. The predicted octanol–water partition coefficient (Wildman–Crippen LogP) is 6.03. The zero-order valence-electron chi connectivity index (χ0n) is 12.4. The highest BCUT2D eigenvalue weighted by Gasteiger charge is 2.27. The van der Waals surface area contributed by atoms with Gasteiger partial charge in [0.1, 0.15) is 0 Å². The molecule has 102 valence electrons. The van der Waals surface area contributed by atoms with Gasteiger partial charge in [-0.15, -0.1) is 11.6 Å². The topological polar surface area (TPSA) is 0 Å². The minimum atomic E-state index is 0.440. The summed E-state index contributed by atoms with van der Waals surface area (Å²) in [6.45, 7) is 9.25. The lowest BCUT2D eigenvalue weighted by Crippen LogP contribution is -2.19. The molecule has 0 atom stereocenters. The Labute approximate surface area is 118 Å². The summed E-state index contributed by atoms with van der Waals surface area (Å²) < 4.78 is 0. The van der Waals surface area contributed by atoms with Crippen LogP contribution in [-0.2, 0) is 0 Å². The highest BCUT2D eigenvalue weighted by molar-refractivity contribution is 6.18. The Balaban J connectivity index is 3.09. The quantitative estimate of drug-likeness (QED) is 0.421. The summed E-state index contributed by atoms with van der Waals surface area (Å²) in [6, 6.07) is 0. The van der Waals surface area contributed by atoms with E-state index in [1.165, 1.54) is 31.3 Å². The molecule has 0 radical (unpaired) electrons. The van der Waals surface area contributed by atoms with Crippen LogP contribution in [0.2, 0.25) is 0 Å². The molecule has 0 saturated carbocycles. The van der Waals surface area contributed by atoms with Crippen molar-refractivity contribution in [1.29, 1.82) is 0 Å². The van der Waals surface area contributed by atoms with Crippen molar-refractivity contribution < 1.29 is 0 Å². The van der Waals surface area contributed by atoms with Crippen molar-refractivity contribution in [2.45, 2.75) is 59.8 Å². The van der Waals surface area contributed by atoms with E-state index in [0.29, 0.717) is 11.3 Å². The number of alkyl halides is 1. The first kappa shape index (κ1) is 15.6. The Kier molecular flexibility index (Phi) is 6.21. The van der Waals surface area contributed by atoms with E-state index in [-0.39, 0.29) is 0 Å². The average Bonchev–Trinajstić information content (AvgIpc) is 2.33. The summed E-state index contributed by atoms with van der Waals surface area (Å²) in [6.07, 6.45) is 12.7. The van der Waals surface area contributed by atoms with Crippen LogP contribution in [0.3, 0.4) is 0 Å². The fraction of sp³-hybridized carbons (Fsp3) is 0.647. The predicted molar refractivity (Wildman–Crippen MR) is 83.2 cm³/mol. The highest BCUT2D eigenvalue weighted by Crippen LogP contribution is 2.42. The number of hydrogen-bond donors (Lipinski definition) is 0.